The van der Waals surface area contributed by atoms with Gasteiger partial charge in [-0.1, -0.05) is 24.3 Å². The standard InChI is InChI=1S/C22H23N5O/c28-22(27-13-11-26(12-14-27)20-6-2-1-3-7-20)21-15-19(8-10-24-21)25-17-18-5-4-9-23-16-18/h1-10,15-16H,11-14,17H2,(H,24,25). The lowest BCUT2D eigenvalue weighted by atomic mass is 10.2. The highest BCUT2D eigenvalue weighted by atomic mass is 16.2. The fourth-order valence-corrected chi connectivity index (χ4v) is 3.33. The van der Waals surface area contributed by atoms with Gasteiger partial charge < -0.3 is 15.1 Å². The average molecular weight is 373 g/mol. The molecule has 0 bridgehead atoms. The molecule has 0 unspecified atom stereocenters. The minimum Gasteiger partial charge on any atom is -0.381 e. The number of nitrogens with zero attached hydrogens (tertiary/aromatic N) is 4. The summed E-state index contributed by atoms with van der Waals surface area (Å²) in [6.45, 7) is 3.70. The van der Waals surface area contributed by atoms with Crippen LogP contribution in [0.4, 0.5) is 11.4 Å². The predicted octanol–water partition coefficient (Wildman–Crippen LogP) is 3.05. The zero-order chi connectivity index (χ0) is 19.2. The first-order chi connectivity index (χ1) is 13.8. The fourth-order valence-electron chi connectivity index (χ4n) is 3.33. The highest BCUT2D eigenvalue weighted by Crippen LogP contribution is 2.17. The van der Waals surface area contributed by atoms with Crippen molar-refractivity contribution in [1.82, 2.24) is 14.9 Å². The summed E-state index contributed by atoms with van der Waals surface area (Å²) in [5.74, 6) is -0.0160. The Labute approximate surface area is 164 Å². The van der Waals surface area contributed by atoms with E-state index in [2.05, 4.69) is 32.3 Å². The molecule has 2 aromatic heterocycles. The molecule has 28 heavy (non-hydrogen) atoms. The van der Waals surface area contributed by atoms with Crippen LogP contribution in [-0.4, -0.2) is 47.0 Å². The quantitative estimate of drug-likeness (QED) is 0.745. The molecule has 4 rings (SSSR count). The average Bonchev–Trinajstić information content (AvgIpc) is 2.79. The number of rotatable bonds is 5. The third-order valence-electron chi connectivity index (χ3n) is 4.89. The van der Waals surface area contributed by atoms with Crippen molar-refractivity contribution in [2.24, 2.45) is 0 Å². The van der Waals surface area contributed by atoms with Crippen molar-refractivity contribution in [3.05, 3.63) is 84.4 Å². The Hall–Kier alpha value is -3.41. The largest absolute Gasteiger partial charge is 0.381 e. The lowest BCUT2D eigenvalue weighted by molar-refractivity contribution is 0.0741. The van der Waals surface area contributed by atoms with Crippen LogP contribution in [0.25, 0.3) is 0 Å². The second-order valence-corrected chi connectivity index (χ2v) is 6.76. The minimum atomic E-state index is -0.0160. The summed E-state index contributed by atoms with van der Waals surface area (Å²) in [7, 11) is 0. The van der Waals surface area contributed by atoms with Crippen LogP contribution in [0, 0.1) is 0 Å². The molecule has 1 amide bonds. The Balaban J connectivity index is 1.36. The number of aromatic nitrogens is 2. The SMILES string of the molecule is O=C(c1cc(NCc2cccnc2)ccn1)N1CCN(c2ccccc2)CC1. The van der Waals surface area contributed by atoms with Gasteiger partial charge in [0.15, 0.2) is 0 Å². The first-order valence-electron chi connectivity index (χ1n) is 9.48. The molecule has 1 aliphatic heterocycles. The molecule has 0 saturated carbocycles. The third kappa shape index (κ3) is 4.28. The van der Waals surface area contributed by atoms with Gasteiger partial charge in [0.1, 0.15) is 5.69 Å². The van der Waals surface area contributed by atoms with Crippen LogP contribution >= 0.6 is 0 Å². The number of pyridine rings is 2. The summed E-state index contributed by atoms with van der Waals surface area (Å²) in [6, 6.07) is 17.9. The molecule has 3 aromatic rings. The molecule has 6 heteroatoms. The van der Waals surface area contributed by atoms with Crippen LogP contribution in [-0.2, 0) is 6.54 Å². The number of anilines is 2. The molecular weight excluding hydrogens is 350 g/mol. The summed E-state index contributed by atoms with van der Waals surface area (Å²) < 4.78 is 0. The van der Waals surface area contributed by atoms with E-state index >= 15 is 0 Å². The number of hydrogen-bond donors (Lipinski definition) is 1. The van der Waals surface area contributed by atoms with Gasteiger partial charge in [-0.05, 0) is 35.9 Å². The van der Waals surface area contributed by atoms with E-state index in [-0.39, 0.29) is 5.91 Å². The van der Waals surface area contributed by atoms with Gasteiger partial charge in [-0.2, -0.15) is 0 Å². The summed E-state index contributed by atoms with van der Waals surface area (Å²) in [6.07, 6.45) is 5.26. The molecule has 3 heterocycles. The Morgan fingerprint density at radius 1 is 0.964 bits per heavy atom. The van der Waals surface area contributed by atoms with Gasteiger partial charge in [0.05, 0.1) is 0 Å². The maximum absolute atomic E-state index is 12.9. The van der Waals surface area contributed by atoms with Gasteiger partial charge in [0, 0.05) is 62.7 Å². The molecule has 0 radical (unpaired) electrons. The molecule has 6 nitrogen and oxygen atoms in total. The predicted molar refractivity (Wildman–Crippen MR) is 110 cm³/mol. The van der Waals surface area contributed by atoms with Crippen molar-refractivity contribution < 1.29 is 4.79 Å². The number of benzene rings is 1. The normalized spacial score (nSPS) is 14.0. The van der Waals surface area contributed by atoms with Gasteiger partial charge in [0.25, 0.3) is 5.91 Å². The topological polar surface area (TPSA) is 61.4 Å². The van der Waals surface area contributed by atoms with Crippen molar-refractivity contribution in [2.75, 3.05) is 36.4 Å². The Kier molecular flexibility index (Phi) is 5.47. The number of carbonyl (C=O) groups excluding carboxylic acids is 1. The van der Waals surface area contributed by atoms with Crippen molar-refractivity contribution in [1.29, 1.82) is 0 Å². The van der Waals surface area contributed by atoms with Gasteiger partial charge in [0.2, 0.25) is 0 Å². The molecule has 1 aromatic carbocycles. The van der Waals surface area contributed by atoms with Crippen LogP contribution in [0.1, 0.15) is 16.1 Å². The molecule has 0 atom stereocenters. The van der Waals surface area contributed by atoms with E-state index in [1.807, 2.05) is 53.6 Å². The Bertz CT molecular complexity index is 908. The van der Waals surface area contributed by atoms with Crippen molar-refractivity contribution >= 4 is 17.3 Å². The first-order valence-corrected chi connectivity index (χ1v) is 9.48. The molecule has 1 saturated heterocycles. The lowest BCUT2D eigenvalue weighted by Gasteiger charge is -2.36. The van der Waals surface area contributed by atoms with Crippen LogP contribution in [0.5, 0.6) is 0 Å². The second-order valence-electron chi connectivity index (χ2n) is 6.76. The van der Waals surface area contributed by atoms with Gasteiger partial charge in [-0.3, -0.25) is 14.8 Å². The number of hydrogen-bond acceptors (Lipinski definition) is 5. The molecule has 1 aliphatic rings. The number of carbonyl (C=O) groups is 1. The van der Waals surface area contributed by atoms with E-state index in [1.165, 1.54) is 5.69 Å². The van der Waals surface area contributed by atoms with E-state index in [9.17, 15) is 4.79 Å². The number of amides is 1. The lowest BCUT2D eigenvalue weighted by Crippen LogP contribution is -2.49. The Morgan fingerprint density at radius 3 is 2.54 bits per heavy atom. The van der Waals surface area contributed by atoms with Crippen molar-refractivity contribution in [3.8, 4) is 0 Å². The van der Waals surface area contributed by atoms with E-state index < -0.39 is 0 Å². The van der Waals surface area contributed by atoms with Crippen molar-refractivity contribution in [2.45, 2.75) is 6.54 Å². The van der Waals surface area contributed by atoms with Gasteiger partial charge in [-0.25, -0.2) is 0 Å². The van der Waals surface area contributed by atoms with E-state index in [0.29, 0.717) is 25.3 Å². The van der Waals surface area contributed by atoms with Gasteiger partial charge in [-0.15, -0.1) is 0 Å². The summed E-state index contributed by atoms with van der Waals surface area (Å²) >= 11 is 0. The second kappa shape index (κ2) is 8.52. The highest BCUT2D eigenvalue weighted by molar-refractivity contribution is 5.93. The fraction of sp³-hybridized carbons (Fsp3) is 0.227. The highest BCUT2D eigenvalue weighted by Gasteiger charge is 2.23. The van der Waals surface area contributed by atoms with Crippen LogP contribution in [0.15, 0.2) is 73.2 Å². The summed E-state index contributed by atoms with van der Waals surface area (Å²) in [5.41, 5.74) is 3.65. The molecule has 0 aliphatic carbocycles. The summed E-state index contributed by atoms with van der Waals surface area (Å²) in [4.78, 5) is 25.5. The molecule has 1 fully saturated rings. The maximum Gasteiger partial charge on any atom is 0.272 e. The van der Waals surface area contributed by atoms with E-state index in [1.54, 1.807) is 12.4 Å². The van der Waals surface area contributed by atoms with Crippen LogP contribution in [0.3, 0.4) is 0 Å². The minimum absolute atomic E-state index is 0.0160. The number of piperazine rings is 1. The zero-order valence-electron chi connectivity index (χ0n) is 15.7. The molecule has 1 N–H and O–H groups in total. The van der Waals surface area contributed by atoms with Crippen LogP contribution < -0.4 is 10.2 Å². The molecule has 0 spiro atoms. The summed E-state index contributed by atoms with van der Waals surface area (Å²) in [5, 5.41) is 3.33. The zero-order valence-corrected chi connectivity index (χ0v) is 15.7. The Morgan fingerprint density at radius 2 is 1.79 bits per heavy atom. The van der Waals surface area contributed by atoms with Gasteiger partial charge >= 0.3 is 0 Å². The molecule has 142 valence electrons. The maximum atomic E-state index is 12.9. The third-order valence-corrected chi connectivity index (χ3v) is 4.89. The van der Waals surface area contributed by atoms with Crippen LogP contribution in [0.2, 0.25) is 0 Å². The number of para-hydroxylation sites is 1. The molecular formula is C22H23N5O. The van der Waals surface area contributed by atoms with E-state index in [4.69, 9.17) is 0 Å². The monoisotopic (exact) mass is 373 g/mol. The first kappa shape index (κ1) is 18.0. The van der Waals surface area contributed by atoms with E-state index in [0.717, 1.165) is 24.3 Å². The van der Waals surface area contributed by atoms with Crippen molar-refractivity contribution in [3.63, 3.8) is 0 Å². The number of nitrogens with one attached hydrogen (secondary N) is 1. The smallest absolute Gasteiger partial charge is 0.272 e.